The number of aromatic nitrogens is 4. The highest BCUT2D eigenvalue weighted by atomic mass is 28.4. The molecule has 0 aliphatic carbocycles. The van der Waals surface area contributed by atoms with Gasteiger partial charge in [-0.15, -0.1) is 0 Å². The first-order valence-corrected chi connectivity index (χ1v) is 19.1. The fraction of sp³-hybridized carbons (Fsp3) is 0.543. The van der Waals surface area contributed by atoms with Crippen LogP contribution in [0.5, 0.6) is 5.75 Å². The number of aryl methyl sites for hydroxylation is 1. The lowest BCUT2D eigenvalue weighted by molar-refractivity contribution is -0.0365. The second kappa shape index (κ2) is 14.4. The monoisotopic (exact) mass is 618 g/mol. The van der Waals surface area contributed by atoms with Crippen LogP contribution in [0, 0.1) is 0 Å². The maximum atomic E-state index is 6.69. The Morgan fingerprint density at radius 3 is 2.64 bits per heavy atom. The molecule has 0 saturated carbocycles. The molecule has 5 rings (SSSR count). The normalized spacial score (nSPS) is 16.8. The fourth-order valence-corrected chi connectivity index (χ4v) is 6.19. The maximum Gasteiger partial charge on any atom is 0.250 e. The third kappa shape index (κ3) is 8.18. The lowest BCUT2D eigenvalue weighted by Crippen LogP contribution is -2.43. The first-order valence-electron chi connectivity index (χ1n) is 16.2. The maximum absolute atomic E-state index is 6.69. The largest absolute Gasteiger partial charge is 0.543 e. The number of nitrogens with zero attached hydrogens (tertiary/aromatic N) is 4. The van der Waals surface area contributed by atoms with Gasteiger partial charge < -0.3 is 18.6 Å². The summed E-state index contributed by atoms with van der Waals surface area (Å²) >= 11 is 0. The van der Waals surface area contributed by atoms with E-state index in [2.05, 4.69) is 87.1 Å². The molecule has 2 unspecified atom stereocenters. The minimum atomic E-state index is -1.99. The summed E-state index contributed by atoms with van der Waals surface area (Å²) in [7, 11) is -1.99. The van der Waals surface area contributed by atoms with Crippen LogP contribution in [0.25, 0.3) is 22.2 Å². The molecule has 1 aliphatic heterocycles. The van der Waals surface area contributed by atoms with E-state index in [0.717, 1.165) is 73.2 Å². The third-order valence-electron chi connectivity index (χ3n) is 8.91. The van der Waals surface area contributed by atoms with Gasteiger partial charge in [0.1, 0.15) is 11.4 Å². The highest BCUT2D eigenvalue weighted by Crippen LogP contribution is 2.39. The average Bonchev–Trinajstić information content (AvgIpc) is 3.62. The minimum Gasteiger partial charge on any atom is -0.543 e. The van der Waals surface area contributed by atoms with E-state index < -0.39 is 8.32 Å². The number of benzene rings is 2. The summed E-state index contributed by atoms with van der Waals surface area (Å²) in [4.78, 5) is 0. The third-order valence-corrected chi connectivity index (χ3v) is 13.3. The Bertz CT molecular complexity index is 1470. The van der Waals surface area contributed by atoms with Crippen molar-refractivity contribution >= 4 is 19.2 Å². The van der Waals surface area contributed by atoms with Crippen molar-refractivity contribution in [1.29, 1.82) is 0 Å². The zero-order chi connectivity index (χ0) is 31.2. The van der Waals surface area contributed by atoms with Crippen LogP contribution in [-0.2, 0) is 27.4 Å². The smallest absolute Gasteiger partial charge is 0.250 e. The second-order valence-electron chi connectivity index (χ2n) is 13.5. The lowest BCUT2D eigenvalue weighted by atomic mass is 10.1. The summed E-state index contributed by atoms with van der Waals surface area (Å²) < 4.78 is 28.8. The van der Waals surface area contributed by atoms with Crippen molar-refractivity contribution in [2.75, 3.05) is 19.8 Å². The van der Waals surface area contributed by atoms with Gasteiger partial charge in [0.2, 0.25) is 8.32 Å². The van der Waals surface area contributed by atoms with Crippen LogP contribution in [0.1, 0.15) is 71.6 Å². The number of hydrogen-bond donors (Lipinski definition) is 0. The zero-order valence-corrected chi connectivity index (χ0v) is 28.4. The summed E-state index contributed by atoms with van der Waals surface area (Å²) in [5.74, 6) is 0.902. The molecule has 0 spiro atoms. The standard InChI is InChI=1S/C35H50N4O4Si/c1-27(42-26-28-13-8-7-9-14-28)18-22-40-20-12-19-38-25-29(24-36-38)34-31-23-30(43-44(5,6)35(2,3)4)16-17-32(31)39(37-34)33-15-10-11-21-41-33/h7-9,13-14,16-17,23-25,27,33H,10-12,15,18-22,26H2,1-6H3. The first kappa shape index (κ1) is 32.4. The van der Waals surface area contributed by atoms with Crippen molar-refractivity contribution < 1.29 is 18.6 Å². The quantitative estimate of drug-likeness (QED) is 0.104. The molecule has 238 valence electrons. The molecule has 2 aromatic carbocycles. The van der Waals surface area contributed by atoms with E-state index in [1.54, 1.807) is 0 Å². The van der Waals surface area contributed by atoms with Crippen LogP contribution < -0.4 is 4.43 Å². The molecular weight excluding hydrogens is 568 g/mol. The van der Waals surface area contributed by atoms with Crippen molar-refractivity contribution in [1.82, 2.24) is 19.6 Å². The predicted octanol–water partition coefficient (Wildman–Crippen LogP) is 8.39. The molecule has 1 aliphatic rings. The lowest BCUT2D eigenvalue weighted by Gasteiger charge is -2.36. The molecule has 1 fully saturated rings. The van der Waals surface area contributed by atoms with Crippen molar-refractivity contribution in [2.24, 2.45) is 0 Å². The number of fused-ring (bicyclic) bond motifs is 1. The highest BCUT2D eigenvalue weighted by molar-refractivity contribution is 6.74. The number of hydrogen-bond acceptors (Lipinski definition) is 6. The van der Waals surface area contributed by atoms with Crippen LogP contribution in [0.3, 0.4) is 0 Å². The molecule has 0 radical (unpaired) electrons. The van der Waals surface area contributed by atoms with E-state index in [0.29, 0.717) is 19.8 Å². The van der Waals surface area contributed by atoms with Crippen molar-refractivity contribution in [3.8, 4) is 17.0 Å². The molecule has 9 heteroatoms. The van der Waals surface area contributed by atoms with E-state index in [1.165, 1.54) is 5.56 Å². The van der Waals surface area contributed by atoms with E-state index in [9.17, 15) is 0 Å². The van der Waals surface area contributed by atoms with Gasteiger partial charge in [-0.3, -0.25) is 4.68 Å². The molecule has 2 atom stereocenters. The van der Waals surface area contributed by atoms with Gasteiger partial charge in [-0.05, 0) is 80.9 Å². The molecule has 2 aromatic heterocycles. The summed E-state index contributed by atoms with van der Waals surface area (Å²) in [6.07, 6.45) is 9.09. The second-order valence-corrected chi connectivity index (χ2v) is 18.2. The Kier molecular flexibility index (Phi) is 10.6. The molecule has 44 heavy (non-hydrogen) atoms. The van der Waals surface area contributed by atoms with Gasteiger partial charge >= 0.3 is 0 Å². The van der Waals surface area contributed by atoms with Crippen molar-refractivity contribution in [3.63, 3.8) is 0 Å². The van der Waals surface area contributed by atoms with Gasteiger partial charge in [-0.1, -0.05) is 51.1 Å². The SMILES string of the molecule is CC(CCOCCCn1cc(-c2nn(C3CCCCO3)c3ccc(O[Si](C)(C)C(C)(C)C)cc23)cn1)OCc1ccccc1. The molecule has 8 nitrogen and oxygen atoms in total. The van der Waals surface area contributed by atoms with Gasteiger partial charge in [-0.25, -0.2) is 4.68 Å². The van der Waals surface area contributed by atoms with Gasteiger partial charge in [0.15, 0.2) is 6.23 Å². The molecule has 1 saturated heterocycles. The summed E-state index contributed by atoms with van der Waals surface area (Å²) in [5.41, 5.74) is 4.18. The van der Waals surface area contributed by atoms with Gasteiger partial charge in [0, 0.05) is 43.5 Å². The summed E-state index contributed by atoms with van der Waals surface area (Å²) in [6.45, 7) is 17.0. The molecular formula is C35H50N4O4Si. The van der Waals surface area contributed by atoms with Crippen molar-refractivity contribution in [3.05, 3.63) is 66.5 Å². The van der Waals surface area contributed by atoms with E-state index in [4.69, 9.17) is 23.7 Å². The topological polar surface area (TPSA) is 72.6 Å². The molecule has 4 aromatic rings. The van der Waals surface area contributed by atoms with Gasteiger partial charge in [0.25, 0.3) is 0 Å². The Balaban J connectivity index is 1.20. The Labute approximate surface area is 263 Å². The van der Waals surface area contributed by atoms with E-state index >= 15 is 0 Å². The first-order chi connectivity index (χ1) is 21.1. The molecule has 3 heterocycles. The average molecular weight is 619 g/mol. The highest BCUT2D eigenvalue weighted by Gasteiger charge is 2.39. The van der Waals surface area contributed by atoms with E-state index in [-0.39, 0.29) is 17.4 Å². The van der Waals surface area contributed by atoms with Crippen LogP contribution in [0.2, 0.25) is 18.1 Å². The van der Waals surface area contributed by atoms with Gasteiger partial charge in [0.05, 0.1) is 24.4 Å². The summed E-state index contributed by atoms with van der Waals surface area (Å²) in [6, 6.07) is 16.7. The number of ether oxygens (including phenoxy) is 3. The minimum absolute atomic E-state index is 0.0502. The number of rotatable bonds is 14. The van der Waals surface area contributed by atoms with Crippen LogP contribution >= 0.6 is 0 Å². The van der Waals surface area contributed by atoms with Crippen molar-refractivity contribution in [2.45, 2.75) is 103 Å². The van der Waals surface area contributed by atoms with Gasteiger partial charge in [-0.2, -0.15) is 10.2 Å². The fourth-order valence-electron chi connectivity index (χ4n) is 5.16. The zero-order valence-electron chi connectivity index (χ0n) is 27.4. The predicted molar refractivity (Wildman–Crippen MR) is 178 cm³/mol. The Hall–Kier alpha value is -2.98. The Morgan fingerprint density at radius 1 is 1.07 bits per heavy atom. The molecule has 0 bridgehead atoms. The molecule has 0 N–H and O–H groups in total. The van der Waals surface area contributed by atoms with Crippen LogP contribution in [0.15, 0.2) is 60.9 Å². The van der Waals surface area contributed by atoms with Crippen LogP contribution in [0.4, 0.5) is 0 Å². The molecule has 0 amide bonds. The van der Waals surface area contributed by atoms with E-state index in [1.807, 2.05) is 29.1 Å². The summed E-state index contributed by atoms with van der Waals surface area (Å²) in [5, 5.41) is 11.0. The van der Waals surface area contributed by atoms with Crippen LogP contribution in [-0.4, -0.2) is 53.8 Å². The Morgan fingerprint density at radius 2 is 1.89 bits per heavy atom.